The molecule has 0 saturated heterocycles. The molecule has 21 heavy (non-hydrogen) atoms. The lowest BCUT2D eigenvalue weighted by molar-refractivity contribution is -0.140. The molecule has 0 N–H and O–H groups in total. The monoisotopic (exact) mass is 289 g/mol. The van der Waals surface area contributed by atoms with Gasteiger partial charge in [-0.1, -0.05) is 45.4 Å². The summed E-state index contributed by atoms with van der Waals surface area (Å²) in [7, 11) is 0. The van der Waals surface area contributed by atoms with Crippen LogP contribution in [-0.2, 0) is 11.2 Å². The molecule has 1 fully saturated rings. The number of rotatable bonds is 7. The fourth-order valence-corrected chi connectivity index (χ4v) is 2.89. The molecule has 2 rings (SSSR count). The number of esters is 1. The predicted octanol–water partition coefficient (Wildman–Crippen LogP) is 4.69. The summed E-state index contributed by atoms with van der Waals surface area (Å²) in [4.78, 5) is 16.4. The number of hydrogen-bond acceptors (Lipinski definition) is 3. The Hall–Kier alpha value is -1.38. The summed E-state index contributed by atoms with van der Waals surface area (Å²) in [5, 5.41) is 0. The van der Waals surface area contributed by atoms with Crippen LogP contribution < -0.4 is 4.74 Å². The number of carbonyl (C=O) groups excluding carboxylic acids is 1. The lowest BCUT2D eigenvalue weighted by atomic mass is 9.89. The number of nitrogens with zero attached hydrogens (tertiary/aromatic N) is 1. The Balaban J connectivity index is 1.77. The van der Waals surface area contributed by atoms with Crippen molar-refractivity contribution < 1.29 is 9.53 Å². The van der Waals surface area contributed by atoms with Gasteiger partial charge in [-0.15, -0.1) is 0 Å². The van der Waals surface area contributed by atoms with Crippen molar-refractivity contribution >= 4 is 5.97 Å². The second-order valence-corrected chi connectivity index (χ2v) is 6.05. The second kappa shape index (κ2) is 8.81. The van der Waals surface area contributed by atoms with Gasteiger partial charge >= 0.3 is 5.97 Å². The molecule has 0 unspecified atom stereocenters. The first-order chi connectivity index (χ1) is 10.3. The zero-order chi connectivity index (χ0) is 14.9. The third kappa shape index (κ3) is 5.49. The molecule has 0 radical (unpaired) electrons. The van der Waals surface area contributed by atoms with Crippen LogP contribution in [0.1, 0.15) is 70.4 Å². The largest absolute Gasteiger partial charge is 0.425 e. The maximum Gasteiger partial charge on any atom is 0.314 e. The van der Waals surface area contributed by atoms with Gasteiger partial charge in [-0.2, -0.15) is 0 Å². The van der Waals surface area contributed by atoms with Gasteiger partial charge in [0.1, 0.15) is 5.75 Å². The Bertz CT molecular complexity index is 421. The number of carbonyl (C=O) groups is 1. The number of aromatic nitrogens is 1. The lowest BCUT2D eigenvalue weighted by Crippen LogP contribution is -2.22. The van der Waals surface area contributed by atoms with Crippen LogP contribution in [0.4, 0.5) is 0 Å². The van der Waals surface area contributed by atoms with E-state index in [9.17, 15) is 4.79 Å². The third-order valence-electron chi connectivity index (χ3n) is 4.24. The number of hydrogen-bond donors (Lipinski definition) is 0. The van der Waals surface area contributed by atoms with Crippen molar-refractivity contribution in [2.75, 3.05) is 0 Å². The quantitative estimate of drug-likeness (QED) is 0.540. The van der Waals surface area contributed by atoms with Crippen LogP contribution in [0.15, 0.2) is 18.3 Å². The van der Waals surface area contributed by atoms with Crippen molar-refractivity contribution in [3.05, 3.63) is 24.0 Å². The molecule has 116 valence electrons. The first-order valence-corrected chi connectivity index (χ1v) is 8.46. The van der Waals surface area contributed by atoms with Crippen LogP contribution in [0, 0.1) is 5.92 Å². The van der Waals surface area contributed by atoms with Gasteiger partial charge in [0.2, 0.25) is 0 Å². The van der Waals surface area contributed by atoms with Crippen molar-refractivity contribution in [1.29, 1.82) is 0 Å². The van der Waals surface area contributed by atoms with E-state index in [1.807, 2.05) is 12.1 Å². The molecule has 1 saturated carbocycles. The van der Waals surface area contributed by atoms with E-state index in [1.54, 1.807) is 6.20 Å². The van der Waals surface area contributed by atoms with E-state index >= 15 is 0 Å². The summed E-state index contributed by atoms with van der Waals surface area (Å²) < 4.78 is 5.45. The lowest BCUT2D eigenvalue weighted by Gasteiger charge is -2.19. The normalized spacial score (nSPS) is 15.9. The van der Waals surface area contributed by atoms with Gasteiger partial charge < -0.3 is 4.74 Å². The molecule has 3 nitrogen and oxygen atoms in total. The molecule has 1 heterocycles. The van der Waals surface area contributed by atoms with Crippen LogP contribution in [-0.4, -0.2) is 11.0 Å². The Morgan fingerprint density at radius 2 is 2.00 bits per heavy atom. The van der Waals surface area contributed by atoms with E-state index in [4.69, 9.17) is 4.74 Å². The highest BCUT2D eigenvalue weighted by molar-refractivity contribution is 5.75. The standard InChI is InChI=1S/C18H27NO2/c1-2-3-4-8-11-16-12-13-17(14-19-16)21-18(20)15-9-6-5-7-10-15/h12-15H,2-11H2,1H3. The van der Waals surface area contributed by atoms with E-state index in [1.165, 1.54) is 32.1 Å². The molecular weight excluding hydrogens is 262 g/mol. The Morgan fingerprint density at radius 3 is 2.67 bits per heavy atom. The topological polar surface area (TPSA) is 39.2 Å². The SMILES string of the molecule is CCCCCCc1ccc(OC(=O)C2CCCCC2)cn1. The van der Waals surface area contributed by atoms with Crippen molar-refractivity contribution in [3.8, 4) is 5.75 Å². The van der Waals surface area contributed by atoms with Gasteiger partial charge in [-0.25, -0.2) is 0 Å². The van der Waals surface area contributed by atoms with Crippen molar-refractivity contribution in [2.45, 2.75) is 71.1 Å². The molecule has 0 bridgehead atoms. The molecule has 1 aromatic rings. The van der Waals surface area contributed by atoms with Gasteiger partial charge in [0.05, 0.1) is 12.1 Å². The molecule has 1 aliphatic rings. The van der Waals surface area contributed by atoms with Gasteiger partial charge in [0.15, 0.2) is 0 Å². The number of pyridine rings is 1. The number of unbranched alkanes of at least 4 members (excludes halogenated alkanes) is 3. The molecule has 1 aromatic heterocycles. The average molecular weight is 289 g/mol. The molecule has 0 spiro atoms. The Morgan fingerprint density at radius 1 is 1.19 bits per heavy atom. The highest BCUT2D eigenvalue weighted by atomic mass is 16.5. The van der Waals surface area contributed by atoms with Gasteiger partial charge in [0, 0.05) is 5.69 Å². The van der Waals surface area contributed by atoms with Crippen molar-refractivity contribution in [1.82, 2.24) is 4.98 Å². The van der Waals surface area contributed by atoms with Crippen molar-refractivity contribution in [3.63, 3.8) is 0 Å². The van der Waals surface area contributed by atoms with E-state index in [2.05, 4.69) is 11.9 Å². The molecule has 0 amide bonds. The van der Waals surface area contributed by atoms with E-state index in [-0.39, 0.29) is 11.9 Å². The molecule has 3 heteroatoms. The third-order valence-corrected chi connectivity index (χ3v) is 4.24. The molecule has 0 atom stereocenters. The van der Waals surface area contributed by atoms with E-state index in [0.29, 0.717) is 5.75 Å². The van der Waals surface area contributed by atoms with E-state index in [0.717, 1.165) is 37.8 Å². The van der Waals surface area contributed by atoms with Crippen molar-refractivity contribution in [2.24, 2.45) is 5.92 Å². The second-order valence-electron chi connectivity index (χ2n) is 6.05. The molecule has 1 aliphatic carbocycles. The van der Waals surface area contributed by atoms with E-state index < -0.39 is 0 Å². The summed E-state index contributed by atoms with van der Waals surface area (Å²) in [5.74, 6) is 0.600. The highest BCUT2D eigenvalue weighted by Crippen LogP contribution is 2.25. The molecular formula is C18H27NO2. The highest BCUT2D eigenvalue weighted by Gasteiger charge is 2.22. The van der Waals surface area contributed by atoms with Crippen LogP contribution in [0.25, 0.3) is 0 Å². The number of ether oxygens (including phenoxy) is 1. The smallest absolute Gasteiger partial charge is 0.314 e. The average Bonchev–Trinajstić information content (AvgIpc) is 2.54. The zero-order valence-electron chi connectivity index (χ0n) is 13.1. The minimum atomic E-state index is -0.0767. The Labute approximate surface area is 128 Å². The van der Waals surface area contributed by atoms with Gasteiger partial charge in [0.25, 0.3) is 0 Å². The van der Waals surface area contributed by atoms with Gasteiger partial charge in [-0.3, -0.25) is 9.78 Å². The molecule has 0 aliphatic heterocycles. The fourth-order valence-electron chi connectivity index (χ4n) is 2.89. The summed E-state index contributed by atoms with van der Waals surface area (Å²) in [6.07, 6.45) is 13.2. The zero-order valence-corrected chi connectivity index (χ0v) is 13.1. The minimum Gasteiger partial charge on any atom is -0.425 e. The fraction of sp³-hybridized carbons (Fsp3) is 0.667. The first kappa shape index (κ1) is 16.0. The van der Waals surface area contributed by atoms with Crippen LogP contribution >= 0.6 is 0 Å². The van der Waals surface area contributed by atoms with Crippen LogP contribution in [0.2, 0.25) is 0 Å². The number of aryl methyl sites for hydroxylation is 1. The van der Waals surface area contributed by atoms with Crippen LogP contribution in [0.5, 0.6) is 5.75 Å². The summed E-state index contributed by atoms with van der Waals surface area (Å²) in [5.41, 5.74) is 1.09. The maximum absolute atomic E-state index is 12.0. The van der Waals surface area contributed by atoms with Gasteiger partial charge in [-0.05, 0) is 37.8 Å². The summed E-state index contributed by atoms with van der Waals surface area (Å²) in [6, 6.07) is 3.86. The first-order valence-electron chi connectivity index (χ1n) is 8.46. The van der Waals surface area contributed by atoms with Crippen LogP contribution in [0.3, 0.4) is 0 Å². The maximum atomic E-state index is 12.0. The summed E-state index contributed by atoms with van der Waals surface area (Å²) in [6.45, 7) is 2.22. The Kier molecular flexibility index (Phi) is 6.71. The predicted molar refractivity (Wildman–Crippen MR) is 84.3 cm³/mol. The summed E-state index contributed by atoms with van der Waals surface area (Å²) >= 11 is 0. The minimum absolute atomic E-state index is 0.0767. The molecule has 0 aromatic carbocycles.